The molecule has 0 radical (unpaired) electrons. The topological polar surface area (TPSA) is 75.6 Å². The lowest BCUT2D eigenvalue weighted by Gasteiger charge is -2.09. The van der Waals surface area contributed by atoms with Gasteiger partial charge in [0, 0.05) is 13.0 Å². The highest BCUT2D eigenvalue weighted by Crippen LogP contribution is 2.27. The molecular weight excluding hydrogens is 242 g/mol. The summed E-state index contributed by atoms with van der Waals surface area (Å²) in [6, 6.07) is 4.79. The molecule has 0 amide bonds. The smallest absolute Gasteiger partial charge is 0.240 e. The van der Waals surface area contributed by atoms with Crippen molar-refractivity contribution in [3.05, 3.63) is 23.8 Å². The highest BCUT2D eigenvalue weighted by atomic mass is 32.2. The van der Waals surface area contributed by atoms with E-state index in [0.29, 0.717) is 6.61 Å². The number of hydrogen-bond donors (Lipinski definition) is 2. The summed E-state index contributed by atoms with van der Waals surface area (Å²) in [7, 11) is -3.54. The van der Waals surface area contributed by atoms with Gasteiger partial charge in [-0.25, -0.2) is 13.1 Å². The summed E-state index contributed by atoms with van der Waals surface area (Å²) in [5.74, 6) is 0.750. The van der Waals surface area contributed by atoms with E-state index in [9.17, 15) is 8.42 Å². The van der Waals surface area contributed by atoms with Gasteiger partial charge < -0.3 is 9.84 Å². The van der Waals surface area contributed by atoms with Gasteiger partial charge in [0.05, 0.1) is 17.6 Å². The first-order valence-electron chi connectivity index (χ1n) is 5.42. The lowest BCUT2D eigenvalue weighted by molar-refractivity contribution is 0.198. The summed E-state index contributed by atoms with van der Waals surface area (Å²) in [5, 5.41) is 9.07. The van der Waals surface area contributed by atoms with Crippen molar-refractivity contribution < 1.29 is 18.3 Å². The minimum absolute atomic E-state index is 0.00984. The van der Waals surface area contributed by atoms with Gasteiger partial charge in [-0.1, -0.05) is 0 Å². The van der Waals surface area contributed by atoms with Crippen LogP contribution in [0.3, 0.4) is 0 Å². The second-order valence-corrected chi connectivity index (χ2v) is 5.84. The highest BCUT2D eigenvalue weighted by Gasteiger charge is 2.19. The molecule has 6 heteroatoms. The van der Waals surface area contributed by atoms with E-state index in [0.717, 1.165) is 17.7 Å². The Balaban J connectivity index is 2.22. The maximum Gasteiger partial charge on any atom is 0.240 e. The minimum Gasteiger partial charge on any atom is -0.493 e. The average Bonchev–Trinajstić information content (AvgIpc) is 2.73. The molecule has 0 saturated carbocycles. The Hall–Kier alpha value is -1.11. The van der Waals surface area contributed by atoms with Crippen LogP contribution in [0.1, 0.15) is 12.5 Å². The molecular formula is C11H15NO4S. The predicted molar refractivity (Wildman–Crippen MR) is 62.5 cm³/mol. The summed E-state index contributed by atoms with van der Waals surface area (Å²) in [6.45, 7) is 2.13. The first kappa shape index (κ1) is 12.3. The highest BCUT2D eigenvalue weighted by molar-refractivity contribution is 7.89. The van der Waals surface area contributed by atoms with E-state index < -0.39 is 16.1 Å². The number of aliphatic hydroxyl groups is 1. The lowest BCUT2D eigenvalue weighted by Crippen LogP contribution is -2.30. The molecule has 1 aliphatic heterocycles. The van der Waals surface area contributed by atoms with Crippen LogP contribution < -0.4 is 9.46 Å². The zero-order chi connectivity index (χ0) is 12.5. The van der Waals surface area contributed by atoms with E-state index in [4.69, 9.17) is 9.84 Å². The predicted octanol–water partition coefficient (Wildman–Crippen LogP) is 0.281. The minimum atomic E-state index is -3.54. The van der Waals surface area contributed by atoms with Crippen molar-refractivity contribution in [1.29, 1.82) is 0 Å². The third kappa shape index (κ3) is 2.77. The molecule has 0 aliphatic carbocycles. The van der Waals surface area contributed by atoms with E-state index in [1.807, 2.05) is 0 Å². The number of benzene rings is 1. The Morgan fingerprint density at radius 3 is 3.00 bits per heavy atom. The largest absolute Gasteiger partial charge is 0.493 e. The molecule has 1 heterocycles. The number of fused-ring (bicyclic) bond motifs is 1. The Labute approximate surface area is 100 Å². The molecule has 1 aromatic carbocycles. The van der Waals surface area contributed by atoms with Crippen LogP contribution in [0.5, 0.6) is 5.75 Å². The molecule has 0 bridgehead atoms. The molecule has 0 fully saturated rings. The van der Waals surface area contributed by atoms with Crippen molar-refractivity contribution >= 4 is 10.0 Å². The molecule has 1 atom stereocenters. The van der Waals surface area contributed by atoms with Crippen molar-refractivity contribution in [3.8, 4) is 5.75 Å². The fourth-order valence-electron chi connectivity index (χ4n) is 1.64. The van der Waals surface area contributed by atoms with Crippen LogP contribution in [0.2, 0.25) is 0 Å². The molecule has 2 N–H and O–H groups in total. The number of ether oxygens (including phenoxy) is 1. The SMILES string of the molecule is C[C@H](O)CNS(=O)(=O)c1ccc2c(c1)CCO2. The lowest BCUT2D eigenvalue weighted by atomic mass is 10.2. The molecule has 0 unspecified atom stereocenters. The van der Waals surface area contributed by atoms with E-state index >= 15 is 0 Å². The van der Waals surface area contributed by atoms with Gasteiger partial charge >= 0.3 is 0 Å². The van der Waals surface area contributed by atoms with Crippen LogP contribution in [-0.2, 0) is 16.4 Å². The van der Waals surface area contributed by atoms with Crippen molar-refractivity contribution in [2.75, 3.05) is 13.2 Å². The quantitative estimate of drug-likeness (QED) is 0.812. The van der Waals surface area contributed by atoms with Crippen LogP contribution in [-0.4, -0.2) is 32.8 Å². The van der Waals surface area contributed by atoms with Gasteiger partial charge in [-0.2, -0.15) is 0 Å². The Morgan fingerprint density at radius 2 is 2.29 bits per heavy atom. The molecule has 1 aromatic rings. The molecule has 2 rings (SSSR count). The summed E-state index contributed by atoms with van der Waals surface area (Å²) < 4.78 is 31.4. The van der Waals surface area contributed by atoms with Crippen LogP contribution in [0.4, 0.5) is 0 Å². The fourth-order valence-corrected chi connectivity index (χ4v) is 2.82. The van der Waals surface area contributed by atoms with Gasteiger partial charge in [0.2, 0.25) is 10.0 Å². The van der Waals surface area contributed by atoms with Crippen molar-refractivity contribution in [1.82, 2.24) is 4.72 Å². The fraction of sp³-hybridized carbons (Fsp3) is 0.455. The molecule has 94 valence electrons. The maximum absolute atomic E-state index is 11.9. The van der Waals surface area contributed by atoms with Crippen LogP contribution in [0.15, 0.2) is 23.1 Å². The van der Waals surface area contributed by atoms with Gasteiger partial charge in [0.25, 0.3) is 0 Å². The average molecular weight is 257 g/mol. The molecule has 17 heavy (non-hydrogen) atoms. The van der Waals surface area contributed by atoms with E-state index in [1.54, 1.807) is 12.1 Å². The van der Waals surface area contributed by atoms with Crippen LogP contribution >= 0.6 is 0 Å². The summed E-state index contributed by atoms with van der Waals surface area (Å²) in [4.78, 5) is 0.211. The second-order valence-electron chi connectivity index (χ2n) is 4.07. The Bertz CT molecular complexity index is 510. The number of sulfonamides is 1. The standard InChI is InChI=1S/C11H15NO4S/c1-8(13)7-12-17(14,15)10-2-3-11-9(6-10)4-5-16-11/h2-3,6,8,12-13H,4-5,7H2,1H3/t8-/m0/s1. The van der Waals surface area contributed by atoms with Crippen molar-refractivity contribution in [3.63, 3.8) is 0 Å². The van der Waals surface area contributed by atoms with E-state index in [1.165, 1.54) is 13.0 Å². The summed E-state index contributed by atoms with van der Waals surface area (Å²) >= 11 is 0. The van der Waals surface area contributed by atoms with E-state index in [2.05, 4.69) is 4.72 Å². The molecule has 5 nitrogen and oxygen atoms in total. The second kappa shape index (κ2) is 4.64. The Kier molecular flexibility index (Phi) is 3.37. The first-order valence-corrected chi connectivity index (χ1v) is 6.91. The monoisotopic (exact) mass is 257 g/mol. The number of aliphatic hydroxyl groups excluding tert-OH is 1. The molecule has 0 spiro atoms. The third-order valence-corrected chi connectivity index (χ3v) is 3.96. The van der Waals surface area contributed by atoms with Crippen LogP contribution in [0.25, 0.3) is 0 Å². The zero-order valence-electron chi connectivity index (χ0n) is 9.51. The summed E-state index contributed by atoms with van der Waals surface area (Å²) in [5.41, 5.74) is 0.907. The Morgan fingerprint density at radius 1 is 1.53 bits per heavy atom. The normalized spacial score (nSPS) is 16.4. The van der Waals surface area contributed by atoms with Gasteiger partial charge in [-0.3, -0.25) is 0 Å². The van der Waals surface area contributed by atoms with Gasteiger partial charge in [0.15, 0.2) is 0 Å². The van der Waals surface area contributed by atoms with Crippen molar-refractivity contribution in [2.24, 2.45) is 0 Å². The number of hydrogen-bond acceptors (Lipinski definition) is 4. The van der Waals surface area contributed by atoms with Crippen molar-refractivity contribution in [2.45, 2.75) is 24.3 Å². The first-order chi connectivity index (χ1) is 7.99. The van der Waals surface area contributed by atoms with Crippen LogP contribution in [0, 0.1) is 0 Å². The van der Waals surface area contributed by atoms with Gasteiger partial charge in [0.1, 0.15) is 5.75 Å². The van der Waals surface area contributed by atoms with E-state index in [-0.39, 0.29) is 11.4 Å². The zero-order valence-corrected chi connectivity index (χ0v) is 10.3. The third-order valence-electron chi connectivity index (χ3n) is 2.54. The maximum atomic E-state index is 11.9. The summed E-state index contributed by atoms with van der Waals surface area (Å²) in [6.07, 6.45) is 0.0253. The molecule has 1 aliphatic rings. The number of nitrogens with one attached hydrogen (secondary N) is 1. The molecule has 0 aromatic heterocycles. The van der Waals surface area contributed by atoms with Gasteiger partial charge in [-0.15, -0.1) is 0 Å². The number of rotatable bonds is 4. The van der Waals surface area contributed by atoms with Gasteiger partial charge in [-0.05, 0) is 30.7 Å². The molecule has 0 saturated heterocycles.